The van der Waals surface area contributed by atoms with E-state index in [0.717, 1.165) is 35.6 Å². The second-order valence-electron chi connectivity index (χ2n) is 11.1. The molecule has 2 heterocycles. The van der Waals surface area contributed by atoms with Gasteiger partial charge in [0, 0.05) is 17.1 Å². The molecule has 1 aliphatic rings. The molecule has 9 heteroatoms. The summed E-state index contributed by atoms with van der Waals surface area (Å²) in [4.78, 5) is 14.0. The minimum absolute atomic E-state index is 0.113. The van der Waals surface area contributed by atoms with Crippen molar-refractivity contribution in [2.24, 2.45) is 4.36 Å². The Hall–Kier alpha value is -3.36. The van der Waals surface area contributed by atoms with Crippen LogP contribution in [0.1, 0.15) is 61.5 Å². The van der Waals surface area contributed by atoms with E-state index >= 15 is 0 Å². The van der Waals surface area contributed by atoms with Gasteiger partial charge in [-0.25, -0.2) is 8.89 Å². The summed E-state index contributed by atoms with van der Waals surface area (Å²) >= 11 is 6.81. The number of carbonyl (C=O) groups excluding carboxylic acids is 1. The van der Waals surface area contributed by atoms with E-state index in [4.69, 9.17) is 21.1 Å². The number of rotatable bonds is 7. The standard InChI is InChI=1S/C31H34ClN3O4S/c1-31(2,3)35-30(39-20-21-12-13-22-10-6-7-11-23(22)18-21)25(19-33-35)29(36)24-14-15-26(38-4)28(27(24)32)34-40(37)16-8-5-9-17-40/h6-7,10-15,18-19H,5,8-9,16-17,20H2,1-4H3. The molecule has 0 N–H and O–H groups in total. The maximum Gasteiger partial charge on any atom is 0.224 e. The number of carbonyl (C=O) groups is 1. The van der Waals surface area contributed by atoms with Crippen molar-refractivity contribution in [1.29, 1.82) is 0 Å². The molecule has 3 aromatic carbocycles. The monoisotopic (exact) mass is 579 g/mol. The number of fused-ring (bicyclic) bond motifs is 1. The highest BCUT2D eigenvalue weighted by Gasteiger charge is 2.29. The summed E-state index contributed by atoms with van der Waals surface area (Å²) in [6.45, 7) is 6.24. The Morgan fingerprint density at radius 3 is 2.45 bits per heavy atom. The molecule has 0 atom stereocenters. The van der Waals surface area contributed by atoms with Crippen molar-refractivity contribution in [3.63, 3.8) is 0 Å². The molecule has 5 rings (SSSR count). The van der Waals surface area contributed by atoms with Crippen molar-refractivity contribution in [1.82, 2.24) is 9.78 Å². The number of nitrogens with zero attached hydrogens (tertiary/aromatic N) is 3. The average molecular weight is 580 g/mol. The van der Waals surface area contributed by atoms with Gasteiger partial charge < -0.3 is 9.47 Å². The van der Waals surface area contributed by atoms with Crippen LogP contribution in [0.3, 0.4) is 0 Å². The van der Waals surface area contributed by atoms with Gasteiger partial charge in [-0.05, 0) is 68.1 Å². The molecule has 210 valence electrons. The molecule has 1 aromatic heterocycles. The molecule has 0 saturated carbocycles. The number of hydrogen-bond acceptors (Lipinski definition) is 6. The quantitative estimate of drug-likeness (QED) is 0.211. The van der Waals surface area contributed by atoms with E-state index in [1.54, 1.807) is 16.8 Å². The fraction of sp³-hybridized carbons (Fsp3) is 0.355. The van der Waals surface area contributed by atoms with E-state index in [1.807, 2.05) is 39.0 Å². The molecule has 1 aliphatic heterocycles. The Morgan fingerprint density at radius 1 is 1.02 bits per heavy atom. The highest BCUT2D eigenvalue weighted by atomic mass is 35.5. The fourth-order valence-electron chi connectivity index (χ4n) is 4.90. The summed E-state index contributed by atoms with van der Waals surface area (Å²) in [5, 5.41) is 6.89. The van der Waals surface area contributed by atoms with E-state index < -0.39 is 15.3 Å². The Labute approximate surface area is 240 Å². The first-order chi connectivity index (χ1) is 19.1. The molecule has 0 radical (unpaired) electrons. The van der Waals surface area contributed by atoms with Gasteiger partial charge in [-0.3, -0.25) is 4.79 Å². The Morgan fingerprint density at radius 2 is 1.75 bits per heavy atom. The number of aromatic nitrogens is 2. The predicted molar refractivity (Wildman–Crippen MR) is 161 cm³/mol. The highest BCUT2D eigenvalue weighted by Crippen LogP contribution is 2.41. The van der Waals surface area contributed by atoms with Crippen molar-refractivity contribution >= 4 is 43.6 Å². The fourth-order valence-corrected chi connectivity index (χ4v) is 7.44. The molecule has 0 unspecified atom stereocenters. The number of benzene rings is 3. The third-order valence-electron chi connectivity index (χ3n) is 7.02. The van der Waals surface area contributed by atoms with Crippen LogP contribution in [0, 0.1) is 0 Å². The third-order valence-corrected chi connectivity index (χ3v) is 9.77. The molecule has 1 saturated heterocycles. The third kappa shape index (κ3) is 5.74. The summed E-state index contributed by atoms with van der Waals surface area (Å²) in [7, 11) is -0.970. The van der Waals surface area contributed by atoms with Crippen LogP contribution in [-0.2, 0) is 21.9 Å². The van der Waals surface area contributed by atoms with Crippen LogP contribution in [0.25, 0.3) is 10.8 Å². The molecular formula is C31H34ClN3O4S. The van der Waals surface area contributed by atoms with Crippen LogP contribution in [0.2, 0.25) is 5.02 Å². The maximum absolute atomic E-state index is 14.0. The summed E-state index contributed by atoms with van der Waals surface area (Å²) in [6, 6.07) is 17.5. The zero-order valence-corrected chi connectivity index (χ0v) is 24.8. The number of hydrogen-bond donors (Lipinski definition) is 0. The second-order valence-corrected chi connectivity index (χ2v) is 14.0. The molecule has 7 nitrogen and oxygen atoms in total. The number of ketones is 1. The van der Waals surface area contributed by atoms with Crippen molar-refractivity contribution in [3.05, 3.63) is 82.5 Å². The highest BCUT2D eigenvalue weighted by molar-refractivity contribution is 7.93. The Balaban J connectivity index is 1.53. The predicted octanol–water partition coefficient (Wildman–Crippen LogP) is 7.55. The van der Waals surface area contributed by atoms with Crippen molar-refractivity contribution < 1.29 is 18.5 Å². The lowest BCUT2D eigenvalue weighted by atomic mass is 10.0. The van der Waals surface area contributed by atoms with Crippen LogP contribution in [0.5, 0.6) is 11.6 Å². The zero-order valence-electron chi connectivity index (χ0n) is 23.3. The summed E-state index contributed by atoms with van der Waals surface area (Å²) in [5.41, 5.74) is 1.29. The maximum atomic E-state index is 14.0. The largest absolute Gasteiger partial charge is 0.494 e. The van der Waals surface area contributed by atoms with Crippen LogP contribution in [0.4, 0.5) is 5.69 Å². The van der Waals surface area contributed by atoms with Crippen LogP contribution in [0.15, 0.2) is 65.2 Å². The van der Waals surface area contributed by atoms with Gasteiger partial charge in [-0.2, -0.15) is 9.46 Å². The van der Waals surface area contributed by atoms with E-state index in [1.165, 1.54) is 13.3 Å². The summed E-state index contributed by atoms with van der Waals surface area (Å²) < 4.78 is 31.5. The lowest BCUT2D eigenvalue weighted by Crippen LogP contribution is -2.24. The smallest absolute Gasteiger partial charge is 0.224 e. The second kappa shape index (κ2) is 11.3. The number of halogens is 1. The van der Waals surface area contributed by atoms with Gasteiger partial charge in [0.05, 0.1) is 33.6 Å². The SMILES string of the molecule is COc1ccc(C(=O)c2cnn(C(C)(C)C)c2OCc2ccc3ccccc3c2)c(Cl)c1N=S1(=O)CCCCC1. The molecular weight excluding hydrogens is 546 g/mol. The van der Waals surface area contributed by atoms with Crippen molar-refractivity contribution in [3.8, 4) is 11.6 Å². The molecule has 40 heavy (non-hydrogen) atoms. The molecule has 0 spiro atoms. The minimum Gasteiger partial charge on any atom is -0.494 e. The van der Waals surface area contributed by atoms with Crippen LogP contribution < -0.4 is 9.47 Å². The van der Waals surface area contributed by atoms with Gasteiger partial charge in [-0.1, -0.05) is 54.4 Å². The number of ether oxygens (including phenoxy) is 2. The topological polar surface area (TPSA) is 82.8 Å². The van der Waals surface area contributed by atoms with Gasteiger partial charge >= 0.3 is 0 Å². The van der Waals surface area contributed by atoms with E-state index in [-0.39, 0.29) is 34.2 Å². The Bertz CT molecular complexity index is 1680. The lowest BCUT2D eigenvalue weighted by molar-refractivity contribution is 0.103. The molecule has 0 amide bonds. The van der Waals surface area contributed by atoms with Gasteiger partial charge in [0.1, 0.15) is 23.6 Å². The summed E-state index contributed by atoms with van der Waals surface area (Å²) in [6.07, 6.45) is 4.26. The minimum atomic E-state index is -2.48. The summed E-state index contributed by atoms with van der Waals surface area (Å²) in [5.74, 6) is 1.40. The molecule has 4 aromatic rings. The number of methoxy groups -OCH3 is 1. The van der Waals surface area contributed by atoms with E-state index in [9.17, 15) is 9.00 Å². The van der Waals surface area contributed by atoms with Gasteiger partial charge in [0.15, 0.2) is 0 Å². The zero-order chi connectivity index (χ0) is 28.5. The molecule has 1 fully saturated rings. The lowest BCUT2D eigenvalue weighted by Gasteiger charge is -2.22. The Kier molecular flexibility index (Phi) is 7.93. The van der Waals surface area contributed by atoms with E-state index in [2.05, 4.69) is 33.7 Å². The molecule has 0 bridgehead atoms. The van der Waals surface area contributed by atoms with E-state index in [0.29, 0.717) is 23.1 Å². The normalized spacial score (nSPS) is 15.1. The van der Waals surface area contributed by atoms with Gasteiger partial charge in [0.25, 0.3) is 0 Å². The van der Waals surface area contributed by atoms with Crippen molar-refractivity contribution in [2.75, 3.05) is 18.6 Å². The average Bonchev–Trinajstić information content (AvgIpc) is 3.37. The van der Waals surface area contributed by atoms with Crippen LogP contribution in [-0.4, -0.2) is 38.4 Å². The first kappa shape index (κ1) is 28.2. The first-order valence-corrected chi connectivity index (χ1v) is 15.7. The van der Waals surface area contributed by atoms with Crippen molar-refractivity contribution in [2.45, 2.75) is 52.2 Å². The van der Waals surface area contributed by atoms with Crippen LogP contribution >= 0.6 is 11.6 Å². The van der Waals surface area contributed by atoms with Gasteiger partial charge in [0.2, 0.25) is 11.7 Å². The molecule has 0 aliphatic carbocycles. The van der Waals surface area contributed by atoms with Gasteiger partial charge in [-0.15, -0.1) is 0 Å². The first-order valence-electron chi connectivity index (χ1n) is 13.4.